The van der Waals surface area contributed by atoms with Crippen LogP contribution >= 0.6 is 0 Å². The van der Waals surface area contributed by atoms with E-state index in [0.717, 1.165) is 89.4 Å². The number of rotatable bonds is 16. The molecular weight excluding hydrogens is 958 g/mol. The number of fused-ring (bicyclic) bond motifs is 1. The Kier molecular flexibility index (Phi) is 15.3. The number of aromatic nitrogens is 6. The predicted octanol–water partition coefficient (Wildman–Crippen LogP) is 9.77. The van der Waals surface area contributed by atoms with E-state index in [2.05, 4.69) is 169 Å². The zero-order valence-corrected chi connectivity index (χ0v) is 45.4. The van der Waals surface area contributed by atoms with Gasteiger partial charge in [-0.3, -0.25) is 0 Å². The maximum absolute atomic E-state index is 12.2. The Morgan fingerprint density at radius 3 is 1.17 bits per heavy atom. The quantitative estimate of drug-likeness (QED) is 0.0701. The van der Waals surface area contributed by atoms with Gasteiger partial charge in [-0.05, 0) is 111 Å². The van der Waals surface area contributed by atoms with Gasteiger partial charge in [-0.15, -0.1) is 0 Å². The van der Waals surface area contributed by atoms with Crippen molar-refractivity contribution in [2.24, 2.45) is 11.8 Å². The van der Waals surface area contributed by atoms with Crippen LogP contribution in [0.5, 0.6) is 11.5 Å². The molecule has 6 aromatic carbocycles. The first kappa shape index (κ1) is 52.2. The predicted molar refractivity (Wildman–Crippen MR) is 318 cm³/mol. The maximum atomic E-state index is 12.2. The van der Waals surface area contributed by atoms with Gasteiger partial charge in [0.25, 0.3) is 5.70 Å². The summed E-state index contributed by atoms with van der Waals surface area (Å²) in [6.07, 6.45) is 0. The van der Waals surface area contributed by atoms with Crippen molar-refractivity contribution in [3.63, 3.8) is 0 Å². The molecule has 0 aliphatic rings. The maximum Gasteiger partial charge on any atom is 0.328 e. The molecule has 0 spiro atoms. The molecule has 0 bridgehead atoms. The first-order valence-corrected chi connectivity index (χ1v) is 26.6. The van der Waals surface area contributed by atoms with Gasteiger partial charge in [-0.25, -0.2) is 24.8 Å². The van der Waals surface area contributed by atoms with Gasteiger partial charge in [0.2, 0.25) is 0 Å². The molecule has 0 saturated carbocycles. The van der Waals surface area contributed by atoms with E-state index in [1.165, 1.54) is 0 Å². The summed E-state index contributed by atoms with van der Waals surface area (Å²) in [5.74, 6) is 2.63. The SMILES string of the molecule is [C-]#[N+]/C(c1nc(C)cc(C)n1)=c1\c2c(-c3ccc(OCC(C)C)cc3)n(B(c3ccccc3)c3ccccc3)/c(=C(/C#N)c3nc(C)cc(C)n3)c2c(-c2ccc(OCC(C)C)cc2)n1B(c1ccccc1)c1ccccc1. The summed E-state index contributed by atoms with van der Waals surface area (Å²) >= 11 is 0. The van der Waals surface area contributed by atoms with Crippen molar-refractivity contribution in [1.82, 2.24) is 28.9 Å². The van der Waals surface area contributed by atoms with Crippen LogP contribution in [-0.4, -0.2) is 55.8 Å². The molecule has 0 unspecified atom stereocenters. The van der Waals surface area contributed by atoms with E-state index in [1.54, 1.807) is 0 Å². The monoisotopic (exact) mass is 1020 g/mol. The van der Waals surface area contributed by atoms with Gasteiger partial charge in [0.05, 0.1) is 25.1 Å². The normalized spacial score (nSPS) is 12.1. The van der Waals surface area contributed by atoms with E-state index < -0.39 is 13.7 Å². The topological polar surface area (TPSA) is 108 Å². The Bertz CT molecular complexity index is 3600. The summed E-state index contributed by atoms with van der Waals surface area (Å²) in [5.41, 5.74) is 10.4. The first-order valence-electron chi connectivity index (χ1n) is 26.6. The highest BCUT2D eigenvalue weighted by Gasteiger charge is 2.37. The van der Waals surface area contributed by atoms with Crippen LogP contribution in [-0.2, 0) is 0 Å². The number of hydrogen-bond donors (Lipinski definition) is 0. The van der Waals surface area contributed by atoms with E-state index >= 15 is 0 Å². The summed E-state index contributed by atoms with van der Waals surface area (Å²) in [6, 6.07) is 64.6. The van der Waals surface area contributed by atoms with Crippen molar-refractivity contribution in [3.05, 3.63) is 239 Å². The molecule has 0 radical (unpaired) electrons. The van der Waals surface area contributed by atoms with Gasteiger partial charge >= 0.3 is 13.7 Å². The highest BCUT2D eigenvalue weighted by molar-refractivity contribution is 6.85. The minimum atomic E-state index is -0.551. The smallest absolute Gasteiger partial charge is 0.328 e. The molecule has 78 heavy (non-hydrogen) atoms. The van der Waals surface area contributed by atoms with Crippen molar-refractivity contribution < 1.29 is 9.47 Å². The average molecular weight is 1020 g/mol. The number of hydrogen-bond acceptors (Lipinski definition) is 7. The molecule has 4 aromatic heterocycles. The Labute approximate surface area is 458 Å². The minimum absolute atomic E-state index is 0.241. The van der Waals surface area contributed by atoms with Gasteiger partial charge in [0.15, 0.2) is 11.6 Å². The third-order valence-corrected chi connectivity index (χ3v) is 13.6. The number of nitrogens with zero attached hydrogens (tertiary/aromatic N) is 8. The van der Waals surface area contributed by atoms with Gasteiger partial charge < -0.3 is 18.4 Å². The summed E-state index contributed by atoms with van der Waals surface area (Å²) in [7, 11) is 0. The Hall–Kier alpha value is -9.25. The lowest BCUT2D eigenvalue weighted by Gasteiger charge is -2.24. The van der Waals surface area contributed by atoms with Crippen molar-refractivity contribution in [2.45, 2.75) is 55.4 Å². The molecule has 12 heteroatoms. The van der Waals surface area contributed by atoms with Crippen LogP contribution in [0.15, 0.2) is 182 Å². The molecule has 4 heterocycles. The highest BCUT2D eigenvalue weighted by Crippen LogP contribution is 2.37. The van der Waals surface area contributed by atoms with Crippen LogP contribution < -0.4 is 42.0 Å². The molecule has 0 amide bonds. The van der Waals surface area contributed by atoms with Crippen LogP contribution in [0.3, 0.4) is 0 Å². The number of ether oxygens (including phenoxy) is 2. The lowest BCUT2D eigenvalue weighted by atomic mass is 9.50. The van der Waals surface area contributed by atoms with Crippen LogP contribution in [0.4, 0.5) is 0 Å². The van der Waals surface area contributed by atoms with E-state index in [-0.39, 0.29) is 22.9 Å². The van der Waals surface area contributed by atoms with Gasteiger partial charge in [0.1, 0.15) is 23.1 Å². The van der Waals surface area contributed by atoms with Crippen LogP contribution in [0, 0.1) is 57.4 Å². The van der Waals surface area contributed by atoms with E-state index in [1.807, 2.05) is 88.4 Å². The molecule has 0 aliphatic carbocycles. The van der Waals surface area contributed by atoms with E-state index in [0.29, 0.717) is 35.7 Å². The standard InChI is InChI=1S/C66H60B2N8O2/c1-43(2)41-77-55-34-30-49(31-35-55)61-58-59(64(60(70-9)66-73-47(7)39-48(8)74-66)76(61)68(53-26-18-12-19-27-53)54-28-20-13-21-29-54)62(50-32-36-56(37-33-50)78-42-44(3)4)75(63(58)57(40-69)65-71-45(5)38-46(6)72-65)67(51-22-14-10-15-23-51)52-24-16-11-17-25-52/h10-39,43-44H,41-42H2,1-8H3/b63-57-,64-60+. The minimum Gasteiger partial charge on any atom is -0.493 e. The zero-order valence-electron chi connectivity index (χ0n) is 45.4. The molecule has 0 atom stereocenters. The van der Waals surface area contributed by atoms with Crippen molar-refractivity contribution in [2.75, 3.05) is 13.2 Å². The van der Waals surface area contributed by atoms with Crippen molar-refractivity contribution in [1.29, 1.82) is 5.26 Å². The van der Waals surface area contributed by atoms with Gasteiger partial charge in [0, 0.05) is 50.3 Å². The fourth-order valence-electron chi connectivity index (χ4n) is 10.5. The lowest BCUT2D eigenvalue weighted by molar-refractivity contribution is 0.271. The highest BCUT2D eigenvalue weighted by atomic mass is 16.5. The number of nitriles is 1. The molecule has 0 N–H and O–H groups in total. The van der Waals surface area contributed by atoms with Gasteiger partial charge in [-0.1, -0.05) is 171 Å². The van der Waals surface area contributed by atoms with Crippen LogP contribution in [0.25, 0.3) is 49.4 Å². The Morgan fingerprint density at radius 1 is 0.500 bits per heavy atom. The molecular formula is C66H60B2N8O2. The molecule has 0 fully saturated rings. The second kappa shape index (κ2) is 22.9. The van der Waals surface area contributed by atoms with Gasteiger partial charge in [-0.2, -0.15) is 5.26 Å². The summed E-state index contributed by atoms with van der Waals surface area (Å²) in [6.45, 7) is 25.8. The first-order chi connectivity index (χ1) is 37.9. The van der Waals surface area contributed by atoms with Crippen molar-refractivity contribution in [3.8, 4) is 40.1 Å². The summed E-state index contributed by atoms with van der Waals surface area (Å²) < 4.78 is 17.3. The summed E-state index contributed by atoms with van der Waals surface area (Å²) in [4.78, 5) is 24.9. The number of aryl methyl sites for hydroxylation is 4. The van der Waals surface area contributed by atoms with E-state index in [4.69, 9.17) is 29.4 Å². The summed E-state index contributed by atoms with van der Waals surface area (Å²) in [5, 5.41) is 14.8. The lowest BCUT2D eigenvalue weighted by Crippen LogP contribution is -2.54. The zero-order chi connectivity index (χ0) is 54.5. The molecule has 10 aromatic rings. The largest absolute Gasteiger partial charge is 0.493 e. The number of benzene rings is 6. The second-order valence-corrected chi connectivity index (χ2v) is 20.7. The van der Waals surface area contributed by atoms with Crippen LogP contribution in [0.1, 0.15) is 62.1 Å². The van der Waals surface area contributed by atoms with E-state index in [9.17, 15) is 11.8 Å². The second-order valence-electron chi connectivity index (χ2n) is 20.7. The van der Waals surface area contributed by atoms with Crippen LogP contribution in [0.2, 0.25) is 0 Å². The fourth-order valence-corrected chi connectivity index (χ4v) is 10.5. The molecule has 10 nitrogen and oxygen atoms in total. The molecule has 0 saturated heterocycles. The Balaban J connectivity index is 1.58. The van der Waals surface area contributed by atoms with Crippen molar-refractivity contribution >= 4 is 57.6 Å². The Morgan fingerprint density at radius 2 is 0.833 bits per heavy atom. The molecule has 10 rings (SSSR count). The molecule has 0 aliphatic heterocycles. The third kappa shape index (κ3) is 10.6. The molecule has 382 valence electrons. The third-order valence-electron chi connectivity index (χ3n) is 13.6. The fraction of sp³-hybridized carbons (Fsp3) is 0.182. The average Bonchev–Trinajstić information content (AvgIpc) is 3.60.